The van der Waals surface area contributed by atoms with Crippen LogP contribution >= 0.6 is 0 Å². The lowest BCUT2D eigenvalue weighted by Gasteiger charge is -2.13. The van der Waals surface area contributed by atoms with Crippen LogP contribution in [-0.4, -0.2) is 26.8 Å². The molecule has 0 unspecified atom stereocenters. The number of amides is 1. The first-order valence-corrected chi connectivity index (χ1v) is 8.17. The van der Waals surface area contributed by atoms with Crippen LogP contribution in [0.15, 0.2) is 67.3 Å². The second kappa shape index (κ2) is 7.64. The Morgan fingerprint density at radius 1 is 1.12 bits per heavy atom. The zero-order chi connectivity index (χ0) is 16.8. The molecule has 24 heavy (non-hydrogen) atoms. The molecule has 0 radical (unpaired) electrons. The zero-order valence-electron chi connectivity index (χ0n) is 13.8. The van der Waals surface area contributed by atoms with E-state index in [4.69, 9.17) is 0 Å². The Labute approximate surface area is 141 Å². The molecule has 0 spiro atoms. The third kappa shape index (κ3) is 4.35. The minimum Gasteiger partial charge on any atom is -0.355 e. The summed E-state index contributed by atoms with van der Waals surface area (Å²) in [5.74, 6) is 0.390. The standard InChI is InChI=1S/C19H22N4O/c1-16(15-23-12-4-9-21-23)14-20-19(24)13-17-5-7-18(8-6-17)22-10-2-3-11-22/h2-12,16H,13-15H2,1H3,(H,20,24)/t16-/m1/s1. The molecule has 0 saturated heterocycles. The van der Waals surface area contributed by atoms with E-state index in [1.54, 1.807) is 6.20 Å². The summed E-state index contributed by atoms with van der Waals surface area (Å²) in [5.41, 5.74) is 2.11. The molecule has 1 atom stereocenters. The van der Waals surface area contributed by atoms with E-state index in [9.17, 15) is 4.79 Å². The van der Waals surface area contributed by atoms with Crippen molar-refractivity contribution in [1.82, 2.24) is 19.7 Å². The number of rotatable bonds is 7. The first-order chi connectivity index (χ1) is 11.7. The summed E-state index contributed by atoms with van der Waals surface area (Å²) in [7, 11) is 0. The second-order valence-electron chi connectivity index (χ2n) is 6.07. The van der Waals surface area contributed by atoms with Crippen molar-refractivity contribution >= 4 is 5.91 Å². The maximum absolute atomic E-state index is 12.1. The fraction of sp³-hybridized carbons (Fsp3) is 0.263. The van der Waals surface area contributed by atoms with Gasteiger partial charge in [0.2, 0.25) is 5.91 Å². The van der Waals surface area contributed by atoms with E-state index in [2.05, 4.69) is 17.3 Å². The molecular weight excluding hydrogens is 300 g/mol. The predicted octanol–water partition coefficient (Wildman–Crippen LogP) is 2.67. The van der Waals surface area contributed by atoms with Crippen molar-refractivity contribution in [2.75, 3.05) is 6.54 Å². The van der Waals surface area contributed by atoms with Gasteiger partial charge in [0.1, 0.15) is 0 Å². The Bertz CT molecular complexity index is 745. The Balaban J connectivity index is 1.46. The molecule has 5 nitrogen and oxygen atoms in total. The van der Waals surface area contributed by atoms with Crippen molar-refractivity contribution in [3.05, 3.63) is 72.8 Å². The SMILES string of the molecule is C[C@H](CNC(=O)Cc1ccc(-n2cccc2)cc1)Cn1cccn1. The van der Waals surface area contributed by atoms with Gasteiger partial charge < -0.3 is 9.88 Å². The maximum Gasteiger partial charge on any atom is 0.224 e. The van der Waals surface area contributed by atoms with E-state index in [0.717, 1.165) is 17.8 Å². The van der Waals surface area contributed by atoms with E-state index in [-0.39, 0.29) is 5.91 Å². The predicted molar refractivity (Wildman–Crippen MR) is 93.9 cm³/mol. The summed E-state index contributed by atoms with van der Waals surface area (Å²) in [6.07, 6.45) is 8.11. The third-order valence-corrected chi connectivity index (χ3v) is 3.91. The molecular formula is C19H22N4O. The van der Waals surface area contributed by atoms with Crippen LogP contribution in [-0.2, 0) is 17.8 Å². The fourth-order valence-corrected chi connectivity index (χ4v) is 2.62. The van der Waals surface area contributed by atoms with Gasteiger partial charge in [-0.1, -0.05) is 19.1 Å². The molecule has 2 heterocycles. The van der Waals surface area contributed by atoms with Crippen LogP contribution in [0, 0.1) is 5.92 Å². The van der Waals surface area contributed by atoms with Gasteiger partial charge in [-0.05, 0) is 41.8 Å². The van der Waals surface area contributed by atoms with E-state index >= 15 is 0 Å². The Hall–Kier alpha value is -2.82. The molecule has 0 fully saturated rings. The summed E-state index contributed by atoms with van der Waals surface area (Å²) in [5, 5.41) is 7.18. The van der Waals surface area contributed by atoms with E-state index in [0.29, 0.717) is 18.9 Å². The third-order valence-electron chi connectivity index (χ3n) is 3.91. The van der Waals surface area contributed by atoms with Gasteiger partial charge >= 0.3 is 0 Å². The van der Waals surface area contributed by atoms with Crippen LogP contribution in [0.5, 0.6) is 0 Å². The maximum atomic E-state index is 12.1. The highest BCUT2D eigenvalue weighted by Crippen LogP contribution is 2.10. The van der Waals surface area contributed by atoms with Crippen LogP contribution in [0.3, 0.4) is 0 Å². The molecule has 0 aliphatic heterocycles. The van der Waals surface area contributed by atoms with Gasteiger partial charge in [0.05, 0.1) is 6.42 Å². The highest BCUT2D eigenvalue weighted by Gasteiger charge is 2.08. The molecule has 3 aromatic rings. The highest BCUT2D eigenvalue weighted by atomic mass is 16.1. The number of carbonyl (C=O) groups excluding carboxylic acids is 1. The summed E-state index contributed by atoms with van der Waals surface area (Å²) in [6.45, 7) is 3.56. The van der Waals surface area contributed by atoms with Crippen molar-refractivity contribution < 1.29 is 4.79 Å². The number of nitrogens with zero attached hydrogens (tertiary/aromatic N) is 3. The van der Waals surface area contributed by atoms with Crippen LogP contribution in [0.25, 0.3) is 5.69 Å². The smallest absolute Gasteiger partial charge is 0.224 e. The number of nitrogens with one attached hydrogen (secondary N) is 1. The molecule has 0 aliphatic carbocycles. The molecule has 5 heteroatoms. The largest absolute Gasteiger partial charge is 0.355 e. The van der Waals surface area contributed by atoms with E-state index < -0.39 is 0 Å². The fourth-order valence-electron chi connectivity index (χ4n) is 2.62. The highest BCUT2D eigenvalue weighted by molar-refractivity contribution is 5.78. The first kappa shape index (κ1) is 16.1. The van der Waals surface area contributed by atoms with Crippen molar-refractivity contribution in [3.63, 3.8) is 0 Å². The Morgan fingerprint density at radius 2 is 1.88 bits per heavy atom. The summed E-state index contributed by atoms with van der Waals surface area (Å²) >= 11 is 0. The quantitative estimate of drug-likeness (QED) is 0.727. The van der Waals surface area contributed by atoms with Gasteiger partial charge in [-0.25, -0.2) is 0 Å². The minimum atomic E-state index is 0.0519. The lowest BCUT2D eigenvalue weighted by Crippen LogP contribution is -2.31. The number of hydrogen-bond acceptors (Lipinski definition) is 2. The Kier molecular flexibility index (Phi) is 5.11. The van der Waals surface area contributed by atoms with Crippen molar-refractivity contribution in [2.45, 2.75) is 19.9 Å². The topological polar surface area (TPSA) is 51.9 Å². The van der Waals surface area contributed by atoms with Gasteiger partial charge in [0.15, 0.2) is 0 Å². The van der Waals surface area contributed by atoms with Crippen LogP contribution in [0.2, 0.25) is 0 Å². The van der Waals surface area contributed by atoms with Gasteiger partial charge in [0.25, 0.3) is 0 Å². The average Bonchev–Trinajstić information content (AvgIpc) is 3.27. The summed E-state index contributed by atoms with van der Waals surface area (Å²) in [4.78, 5) is 12.1. The number of hydrogen-bond donors (Lipinski definition) is 1. The van der Waals surface area contributed by atoms with E-state index in [1.165, 1.54) is 0 Å². The molecule has 1 N–H and O–H groups in total. The van der Waals surface area contributed by atoms with Crippen molar-refractivity contribution in [1.29, 1.82) is 0 Å². The molecule has 3 rings (SSSR count). The van der Waals surface area contributed by atoms with Gasteiger partial charge in [0, 0.05) is 43.6 Å². The number of benzene rings is 1. The first-order valence-electron chi connectivity index (χ1n) is 8.17. The van der Waals surface area contributed by atoms with Gasteiger partial charge in [-0.15, -0.1) is 0 Å². The van der Waals surface area contributed by atoms with Crippen LogP contribution in [0.4, 0.5) is 0 Å². The van der Waals surface area contributed by atoms with E-state index in [1.807, 2.05) is 70.3 Å². The zero-order valence-corrected chi connectivity index (χ0v) is 13.8. The normalized spacial score (nSPS) is 12.0. The monoisotopic (exact) mass is 322 g/mol. The molecule has 0 aliphatic rings. The lowest BCUT2D eigenvalue weighted by molar-refractivity contribution is -0.120. The van der Waals surface area contributed by atoms with Gasteiger partial charge in [-0.3, -0.25) is 9.48 Å². The molecule has 0 saturated carbocycles. The number of carbonyl (C=O) groups is 1. The molecule has 1 amide bonds. The number of aromatic nitrogens is 3. The van der Waals surface area contributed by atoms with Crippen LogP contribution in [0.1, 0.15) is 12.5 Å². The lowest BCUT2D eigenvalue weighted by atomic mass is 10.1. The summed E-state index contributed by atoms with van der Waals surface area (Å²) < 4.78 is 3.93. The van der Waals surface area contributed by atoms with Crippen molar-refractivity contribution in [3.8, 4) is 5.69 Å². The van der Waals surface area contributed by atoms with Crippen LogP contribution < -0.4 is 5.32 Å². The molecule has 124 valence electrons. The Morgan fingerprint density at radius 3 is 2.54 bits per heavy atom. The minimum absolute atomic E-state index is 0.0519. The molecule has 0 bridgehead atoms. The van der Waals surface area contributed by atoms with Crippen molar-refractivity contribution in [2.24, 2.45) is 5.92 Å². The average molecular weight is 322 g/mol. The molecule has 2 aromatic heterocycles. The second-order valence-corrected chi connectivity index (χ2v) is 6.07. The molecule has 1 aromatic carbocycles. The summed E-state index contributed by atoms with van der Waals surface area (Å²) in [6, 6.07) is 14.0. The van der Waals surface area contributed by atoms with Gasteiger partial charge in [-0.2, -0.15) is 5.10 Å².